The fraction of sp³-hybridized carbons (Fsp3) is 0.318. The number of halogens is 1. The molecule has 2 aliphatic rings. The molecule has 0 radical (unpaired) electrons. The van der Waals surface area contributed by atoms with Crippen LogP contribution in [0.25, 0.3) is 5.57 Å². The van der Waals surface area contributed by atoms with Gasteiger partial charge in [0, 0.05) is 35.2 Å². The van der Waals surface area contributed by atoms with Gasteiger partial charge in [-0.1, -0.05) is 34.1 Å². The van der Waals surface area contributed by atoms with Gasteiger partial charge in [-0.2, -0.15) is 0 Å². The molecule has 1 atom stereocenters. The van der Waals surface area contributed by atoms with Gasteiger partial charge in [0.05, 0.1) is 6.54 Å². The number of likely N-dealkylation sites (tertiary alicyclic amines) is 1. The molecule has 0 saturated carbocycles. The zero-order valence-corrected chi connectivity index (χ0v) is 16.7. The molecule has 4 rings (SSSR count). The average Bonchev–Trinajstić information content (AvgIpc) is 3.06. The number of hydrogen-bond donors (Lipinski definition) is 1. The molecular formula is C22H24BrN3. The Morgan fingerprint density at radius 3 is 2.85 bits per heavy atom. The average molecular weight is 410 g/mol. The second-order valence-corrected chi connectivity index (χ2v) is 8.09. The van der Waals surface area contributed by atoms with Gasteiger partial charge in [0.2, 0.25) is 0 Å². The SMILES string of the molecule is CC1CCCN1Cc1ccc(N/C=C2\CN=Cc3ccc(Br)cc32)cc1. The van der Waals surface area contributed by atoms with Gasteiger partial charge in [-0.05, 0) is 72.8 Å². The molecule has 1 unspecified atom stereocenters. The zero-order valence-electron chi connectivity index (χ0n) is 15.1. The Kier molecular flexibility index (Phi) is 5.23. The first kappa shape index (κ1) is 17.5. The summed E-state index contributed by atoms with van der Waals surface area (Å²) in [5.41, 5.74) is 6.11. The number of aliphatic imine (C=N–C) groups is 1. The van der Waals surface area contributed by atoms with Crippen LogP contribution in [0.4, 0.5) is 5.69 Å². The topological polar surface area (TPSA) is 27.6 Å². The number of rotatable bonds is 4. The Morgan fingerprint density at radius 1 is 1.23 bits per heavy atom. The van der Waals surface area contributed by atoms with E-state index in [9.17, 15) is 0 Å². The zero-order chi connectivity index (χ0) is 17.9. The number of fused-ring (bicyclic) bond motifs is 1. The van der Waals surface area contributed by atoms with Gasteiger partial charge >= 0.3 is 0 Å². The van der Waals surface area contributed by atoms with Crippen LogP contribution < -0.4 is 5.32 Å². The Balaban J connectivity index is 1.44. The standard InChI is InChI=1S/C22H24BrN3/c1-16-3-2-10-26(16)15-17-4-8-21(9-5-17)25-14-19-13-24-12-18-6-7-20(23)11-22(18)19/h4-9,11-12,14,16,25H,2-3,10,13,15H2,1H3/b19-14+. The fourth-order valence-electron chi connectivity index (χ4n) is 3.71. The van der Waals surface area contributed by atoms with Gasteiger partial charge < -0.3 is 5.32 Å². The summed E-state index contributed by atoms with van der Waals surface area (Å²) in [5, 5.41) is 3.44. The monoisotopic (exact) mass is 409 g/mol. The fourth-order valence-corrected chi connectivity index (χ4v) is 4.07. The third-order valence-corrected chi connectivity index (χ3v) is 5.79. The molecule has 26 heavy (non-hydrogen) atoms. The van der Waals surface area contributed by atoms with E-state index >= 15 is 0 Å². The van der Waals surface area contributed by atoms with Crippen molar-refractivity contribution in [2.75, 3.05) is 18.4 Å². The van der Waals surface area contributed by atoms with Gasteiger partial charge in [0.25, 0.3) is 0 Å². The van der Waals surface area contributed by atoms with E-state index in [0.717, 1.165) is 16.7 Å². The molecule has 0 aliphatic carbocycles. The summed E-state index contributed by atoms with van der Waals surface area (Å²) >= 11 is 3.57. The van der Waals surface area contributed by atoms with Crippen LogP contribution in [0, 0.1) is 0 Å². The highest BCUT2D eigenvalue weighted by Crippen LogP contribution is 2.26. The number of nitrogens with one attached hydrogen (secondary N) is 1. The van der Waals surface area contributed by atoms with Crippen molar-refractivity contribution in [1.29, 1.82) is 0 Å². The van der Waals surface area contributed by atoms with Gasteiger partial charge in [-0.3, -0.25) is 9.89 Å². The largest absolute Gasteiger partial charge is 0.361 e. The van der Waals surface area contributed by atoms with E-state index < -0.39 is 0 Å². The van der Waals surface area contributed by atoms with Crippen molar-refractivity contribution in [1.82, 2.24) is 4.90 Å². The van der Waals surface area contributed by atoms with Crippen molar-refractivity contribution in [2.45, 2.75) is 32.4 Å². The molecule has 0 amide bonds. The highest BCUT2D eigenvalue weighted by Gasteiger charge is 2.19. The van der Waals surface area contributed by atoms with E-state index in [2.05, 4.69) is 86.7 Å². The van der Waals surface area contributed by atoms with Gasteiger partial charge in [0.1, 0.15) is 0 Å². The third kappa shape index (κ3) is 3.92. The summed E-state index contributed by atoms with van der Waals surface area (Å²) in [7, 11) is 0. The Labute approximate surface area is 164 Å². The van der Waals surface area contributed by atoms with Crippen LogP contribution in [0.1, 0.15) is 36.5 Å². The van der Waals surface area contributed by atoms with Crippen LogP contribution in [-0.2, 0) is 6.54 Å². The molecule has 1 saturated heterocycles. The molecule has 3 nitrogen and oxygen atoms in total. The Hall–Kier alpha value is -1.91. The van der Waals surface area contributed by atoms with Crippen LogP contribution in [0.2, 0.25) is 0 Å². The predicted molar refractivity (Wildman–Crippen MR) is 114 cm³/mol. The molecule has 134 valence electrons. The summed E-state index contributed by atoms with van der Waals surface area (Å²) in [6, 6.07) is 15.8. The van der Waals surface area contributed by atoms with E-state index in [1.165, 1.54) is 41.6 Å². The van der Waals surface area contributed by atoms with Crippen LogP contribution in [0.3, 0.4) is 0 Å². The highest BCUT2D eigenvalue weighted by molar-refractivity contribution is 9.10. The smallest absolute Gasteiger partial charge is 0.0660 e. The molecule has 1 N–H and O–H groups in total. The normalized spacial score (nSPS) is 21.2. The summed E-state index contributed by atoms with van der Waals surface area (Å²) in [6.07, 6.45) is 6.69. The van der Waals surface area contributed by atoms with Gasteiger partial charge in [-0.25, -0.2) is 0 Å². The maximum atomic E-state index is 4.47. The van der Waals surface area contributed by atoms with Crippen LogP contribution in [-0.4, -0.2) is 30.2 Å². The first-order valence-corrected chi connectivity index (χ1v) is 10.1. The number of hydrogen-bond acceptors (Lipinski definition) is 3. The molecule has 2 aliphatic heterocycles. The molecule has 1 fully saturated rings. The molecule has 0 bridgehead atoms. The quantitative estimate of drug-likeness (QED) is 0.739. The van der Waals surface area contributed by atoms with E-state index in [1.807, 2.05) is 6.21 Å². The number of benzene rings is 2. The van der Waals surface area contributed by atoms with Crippen molar-refractivity contribution in [3.63, 3.8) is 0 Å². The second-order valence-electron chi connectivity index (χ2n) is 7.17. The molecule has 4 heteroatoms. The predicted octanol–water partition coefficient (Wildman–Crippen LogP) is 5.32. The van der Waals surface area contributed by atoms with Crippen LogP contribution in [0.15, 0.2) is 58.1 Å². The second kappa shape index (κ2) is 7.77. The minimum atomic E-state index is 0.710. The molecule has 0 aromatic heterocycles. The van der Waals surface area contributed by atoms with Crippen molar-refractivity contribution in [2.24, 2.45) is 4.99 Å². The maximum absolute atomic E-state index is 4.47. The molecule has 2 heterocycles. The van der Waals surface area contributed by atoms with Gasteiger partial charge in [0.15, 0.2) is 0 Å². The first-order valence-electron chi connectivity index (χ1n) is 9.27. The Bertz CT molecular complexity index is 839. The van der Waals surface area contributed by atoms with Crippen LogP contribution >= 0.6 is 15.9 Å². The highest BCUT2D eigenvalue weighted by atomic mass is 79.9. The first-order chi connectivity index (χ1) is 12.7. The lowest BCUT2D eigenvalue weighted by Gasteiger charge is -2.21. The number of anilines is 1. The molecule has 0 spiro atoms. The third-order valence-electron chi connectivity index (χ3n) is 5.30. The summed E-state index contributed by atoms with van der Waals surface area (Å²) in [5.74, 6) is 0. The maximum Gasteiger partial charge on any atom is 0.0660 e. The van der Waals surface area contributed by atoms with E-state index in [-0.39, 0.29) is 0 Å². The summed E-state index contributed by atoms with van der Waals surface area (Å²) in [4.78, 5) is 7.03. The molecule has 2 aromatic rings. The Morgan fingerprint density at radius 2 is 2.08 bits per heavy atom. The van der Waals surface area contributed by atoms with Gasteiger partial charge in [-0.15, -0.1) is 0 Å². The van der Waals surface area contributed by atoms with E-state index in [4.69, 9.17) is 0 Å². The molecular weight excluding hydrogens is 386 g/mol. The van der Waals surface area contributed by atoms with Crippen molar-refractivity contribution in [3.05, 3.63) is 69.8 Å². The number of nitrogens with zero attached hydrogens (tertiary/aromatic N) is 2. The lowest BCUT2D eigenvalue weighted by atomic mass is 9.99. The summed E-state index contributed by atoms with van der Waals surface area (Å²) in [6.45, 7) is 5.32. The van der Waals surface area contributed by atoms with E-state index in [0.29, 0.717) is 12.6 Å². The van der Waals surface area contributed by atoms with Crippen molar-refractivity contribution in [3.8, 4) is 0 Å². The van der Waals surface area contributed by atoms with Crippen molar-refractivity contribution < 1.29 is 0 Å². The lowest BCUT2D eigenvalue weighted by molar-refractivity contribution is 0.260. The summed E-state index contributed by atoms with van der Waals surface area (Å²) < 4.78 is 1.10. The van der Waals surface area contributed by atoms with Crippen molar-refractivity contribution >= 4 is 33.4 Å². The lowest BCUT2D eigenvalue weighted by Crippen LogP contribution is -2.26. The molecule has 2 aromatic carbocycles. The minimum absolute atomic E-state index is 0.710. The van der Waals surface area contributed by atoms with E-state index in [1.54, 1.807) is 0 Å². The van der Waals surface area contributed by atoms with Crippen LogP contribution in [0.5, 0.6) is 0 Å². The minimum Gasteiger partial charge on any atom is -0.361 e.